The molecule has 0 aliphatic heterocycles. The van der Waals surface area contributed by atoms with E-state index < -0.39 is 11.9 Å². The Morgan fingerprint density at radius 1 is 1.50 bits per heavy atom. The summed E-state index contributed by atoms with van der Waals surface area (Å²) in [7, 11) is 1.58. The van der Waals surface area contributed by atoms with Gasteiger partial charge in [0.2, 0.25) is 0 Å². The van der Waals surface area contributed by atoms with E-state index in [2.05, 4.69) is 15.4 Å². The van der Waals surface area contributed by atoms with Crippen molar-refractivity contribution in [3.05, 3.63) is 28.5 Å². The van der Waals surface area contributed by atoms with Crippen molar-refractivity contribution >= 4 is 28.3 Å². The number of amides is 1. The highest BCUT2D eigenvalue weighted by atomic mass is 32.1. The van der Waals surface area contributed by atoms with Gasteiger partial charge in [-0.15, -0.1) is 11.3 Å². The number of thiazole rings is 1. The van der Waals surface area contributed by atoms with Crippen LogP contribution in [0.15, 0.2) is 12.3 Å². The average molecular weight is 294 g/mol. The highest BCUT2D eigenvalue weighted by Crippen LogP contribution is 2.17. The summed E-state index contributed by atoms with van der Waals surface area (Å²) < 4.78 is 6.20. The van der Waals surface area contributed by atoms with Gasteiger partial charge in [-0.3, -0.25) is 14.8 Å². The minimum Gasteiger partial charge on any atom is -0.461 e. The van der Waals surface area contributed by atoms with Crippen LogP contribution in [0.5, 0.6) is 0 Å². The van der Waals surface area contributed by atoms with Gasteiger partial charge in [0, 0.05) is 24.2 Å². The number of carbonyl (C=O) groups excluding carboxylic acids is 2. The van der Waals surface area contributed by atoms with Crippen LogP contribution >= 0.6 is 11.3 Å². The first kappa shape index (κ1) is 14.2. The van der Waals surface area contributed by atoms with E-state index in [0.717, 1.165) is 4.88 Å². The molecule has 0 radical (unpaired) electrons. The van der Waals surface area contributed by atoms with E-state index in [9.17, 15) is 9.59 Å². The molecule has 20 heavy (non-hydrogen) atoms. The van der Waals surface area contributed by atoms with Gasteiger partial charge in [-0.2, -0.15) is 5.10 Å². The normalized spacial score (nSPS) is 10.3. The Hall–Kier alpha value is -2.22. The van der Waals surface area contributed by atoms with Crippen molar-refractivity contribution in [2.45, 2.75) is 13.8 Å². The zero-order chi connectivity index (χ0) is 14.7. The molecule has 106 valence electrons. The molecule has 2 aromatic rings. The number of aryl methyl sites for hydroxylation is 2. The average Bonchev–Trinajstić information content (AvgIpc) is 2.96. The molecule has 0 fully saturated rings. The number of esters is 1. The monoisotopic (exact) mass is 294 g/mol. The van der Waals surface area contributed by atoms with E-state index in [1.807, 2.05) is 6.92 Å². The van der Waals surface area contributed by atoms with E-state index in [0.29, 0.717) is 5.13 Å². The van der Waals surface area contributed by atoms with Gasteiger partial charge in [-0.05, 0) is 13.8 Å². The number of rotatable bonds is 4. The Bertz CT molecular complexity index is 647. The molecule has 8 heteroatoms. The molecule has 1 N–H and O–H groups in total. The summed E-state index contributed by atoms with van der Waals surface area (Å²) >= 11 is 1.37. The third-order valence-corrected chi connectivity index (χ3v) is 3.27. The lowest BCUT2D eigenvalue weighted by Gasteiger charge is -1.99. The second-order valence-electron chi connectivity index (χ2n) is 3.99. The minimum atomic E-state index is -0.508. The molecule has 0 saturated heterocycles. The van der Waals surface area contributed by atoms with E-state index in [4.69, 9.17) is 4.74 Å². The fraction of sp³-hybridized carbons (Fsp3) is 0.333. The highest BCUT2D eigenvalue weighted by Gasteiger charge is 2.19. The van der Waals surface area contributed by atoms with Crippen LogP contribution in [0.4, 0.5) is 5.13 Å². The molecule has 0 unspecified atom stereocenters. The third kappa shape index (κ3) is 3.02. The molecule has 2 rings (SSSR count). The van der Waals surface area contributed by atoms with Crippen molar-refractivity contribution in [3.63, 3.8) is 0 Å². The van der Waals surface area contributed by atoms with Crippen molar-refractivity contribution in [2.75, 3.05) is 11.9 Å². The molecule has 2 heterocycles. The van der Waals surface area contributed by atoms with Crippen molar-refractivity contribution < 1.29 is 14.3 Å². The predicted molar refractivity (Wildman–Crippen MR) is 74.0 cm³/mol. The topological polar surface area (TPSA) is 86.1 Å². The molecular weight excluding hydrogens is 280 g/mol. The molecule has 2 aromatic heterocycles. The summed E-state index contributed by atoms with van der Waals surface area (Å²) in [5, 5.41) is 7.12. The smallest absolute Gasteiger partial charge is 0.356 e. The van der Waals surface area contributed by atoms with Crippen LogP contribution in [-0.2, 0) is 11.8 Å². The number of anilines is 1. The number of nitrogens with one attached hydrogen (secondary N) is 1. The number of ether oxygens (including phenoxy) is 1. The molecule has 0 saturated carbocycles. The van der Waals surface area contributed by atoms with Crippen molar-refractivity contribution in [2.24, 2.45) is 7.05 Å². The molecule has 0 atom stereocenters. The van der Waals surface area contributed by atoms with Crippen LogP contribution in [0, 0.1) is 6.92 Å². The van der Waals surface area contributed by atoms with Gasteiger partial charge in [0.1, 0.15) is 5.69 Å². The first-order valence-corrected chi connectivity index (χ1v) is 6.78. The Morgan fingerprint density at radius 3 is 2.85 bits per heavy atom. The van der Waals surface area contributed by atoms with Crippen LogP contribution in [-0.4, -0.2) is 33.2 Å². The zero-order valence-corrected chi connectivity index (χ0v) is 12.2. The summed E-state index contributed by atoms with van der Waals surface area (Å²) in [5.41, 5.74) is 0.371. The first-order chi connectivity index (χ1) is 9.51. The maximum absolute atomic E-state index is 12.0. The second-order valence-corrected chi connectivity index (χ2v) is 5.22. The van der Waals surface area contributed by atoms with Gasteiger partial charge < -0.3 is 4.74 Å². The molecule has 0 spiro atoms. The Morgan fingerprint density at radius 2 is 2.25 bits per heavy atom. The number of carbonyl (C=O) groups is 2. The van der Waals surface area contributed by atoms with Crippen molar-refractivity contribution in [3.8, 4) is 0 Å². The molecule has 7 nitrogen and oxygen atoms in total. The van der Waals surface area contributed by atoms with Crippen LogP contribution in [0.3, 0.4) is 0 Å². The van der Waals surface area contributed by atoms with Crippen LogP contribution in [0.2, 0.25) is 0 Å². The molecule has 0 aromatic carbocycles. The number of hydrogen-bond donors (Lipinski definition) is 1. The fourth-order valence-electron chi connectivity index (χ4n) is 1.55. The van der Waals surface area contributed by atoms with Gasteiger partial charge in [0.25, 0.3) is 5.91 Å². The standard InChI is InChI=1S/C12H14N4O3S/c1-4-19-11(18)9-5-8(15-16(9)3)10(17)14-12-13-6-7(2)20-12/h5-6H,4H2,1-3H3,(H,13,14,17). The van der Waals surface area contributed by atoms with Crippen molar-refractivity contribution in [1.82, 2.24) is 14.8 Å². The Kier molecular flexibility index (Phi) is 4.14. The summed E-state index contributed by atoms with van der Waals surface area (Å²) in [6.07, 6.45) is 1.67. The minimum absolute atomic E-state index is 0.142. The summed E-state index contributed by atoms with van der Waals surface area (Å²) in [6.45, 7) is 3.88. The van der Waals surface area contributed by atoms with E-state index >= 15 is 0 Å². The molecule has 0 aliphatic rings. The molecule has 0 aliphatic carbocycles. The molecule has 0 bridgehead atoms. The lowest BCUT2D eigenvalue weighted by molar-refractivity contribution is 0.0513. The number of aromatic nitrogens is 3. The third-order valence-electron chi connectivity index (χ3n) is 2.44. The zero-order valence-electron chi connectivity index (χ0n) is 11.3. The van der Waals surface area contributed by atoms with Gasteiger partial charge >= 0.3 is 5.97 Å². The van der Waals surface area contributed by atoms with E-state index in [-0.39, 0.29) is 18.0 Å². The van der Waals surface area contributed by atoms with Gasteiger partial charge in [0.15, 0.2) is 10.8 Å². The SMILES string of the molecule is CCOC(=O)c1cc(C(=O)Nc2ncc(C)s2)nn1C. The predicted octanol–water partition coefficient (Wildman–Crippen LogP) is 1.61. The van der Waals surface area contributed by atoms with Crippen LogP contribution in [0.1, 0.15) is 32.8 Å². The van der Waals surface area contributed by atoms with E-state index in [1.54, 1.807) is 20.2 Å². The summed E-state index contributed by atoms with van der Waals surface area (Å²) in [6, 6.07) is 1.40. The molecule has 1 amide bonds. The maximum Gasteiger partial charge on any atom is 0.356 e. The van der Waals surface area contributed by atoms with Crippen LogP contribution in [0.25, 0.3) is 0 Å². The lowest BCUT2D eigenvalue weighted by atomic mass is 10.3. The Balaban J connectivity index is 2.15. The van der Waals surface area contributed by atoms with Gasteiger partial charge in [-0.25, -0.2) is 9.78 Å². The fourth-order valence-corrected chi connectivity index (χ4v) is 2.21. The van der Waals surface area contributed by atoms with Crippen LogP contribution < -0.4 is 5.32 Å². The summed E-state index contributed by atoms with van der Waals surface area (Å²) in [4.78, 5) is 28.7. The van der Waals surface area contributed by atoms with Crippen molar-refractivity contribution in [1.29, 1.82) is 0 Å². The Labute approximate surface area is 119 Å². The van der Waals surface area contributed by atoms with E-state index in [1.165, 1.54) is 22.1 Å². The number of nitrogens with zero attached hydrogens (tertiary/aromatic N) is 3. The second kappa shape index (κ2) is 5.83. The maximum atomic E-state index is 12.0. The van der Waals surface area contributed by atoms with Gasteiger partial charge in [0.05, 0.1) is 6.61 Å². The molecular formula is C12H14N4O3S. The largest absolute Gasteiger partial charge is 0.461 e. The lowest BCUT2D eigenvalue weighted by Crippen LogP contribution is -2.12. The highest BCUT2D eigenvalue weighted by molar-refractivity contribution is 7.15. The van der Waals surface area contributed by atoms with Gasteiger partial charge in [-0.1, -0.05) is 0 Å². The first-order valence-electron chi connectivity index (χ1n) is 5.96. The quantitative estimate of drug-likeness (QED) is 0.866. The number of hydrogen-bond acceptors (Lipinski definition) is 6. The summed E-state index contributed by atoms with van der Waals surface area (Å²) in [5.74, 6) is -0.919.